The van der Waals surface area contributed by atoms with E-state index in [1.165, 1.54) is 6.92 Å². The summed E-state index contributed by atoms with van der Waals surface area (Å²) >= 11 is 3.28. The summed E-state index contributed by atoms with van der Waals surface area (Å²) in [4.78, 5) is 17.3. The van der Waals surface area contributed by atoms with Crippen LogP contribution in [0.25, 0.3) is 0 Å². The van der Waals surface area contributed by atoms with Crippen molar-refractivity contribution in [2.45, 2.75) is 52.3 Å². The van der Waals surface area contributed by atoms with Crippen LogP contribution in [0.5, 0.6) is 0 Å². The van der Waals surface area contributed by atoms with Gasteiger partial charge in [-0.1, -0.05) is 6.07 Å². The van der Waals surface area contributed by atoms with E-state index in [0.717, 1.165) is 0 Å². The summed E-state index contributed by atoms with van der Waals surface area (Å²) in [5, 5.41) is -1.68. The largest absolute Gasteiger partial charge is 0.459 e. The number of pyridine rings is 1. The molecule has 1 aromatic heterocycles. The van der Waals surface area contributed by atoms with E-state index < -0.39 is 24.3 Å². The molecule has 0 N–H and O–H groups in total. The molecule has 136 valence electrons. The summed E-state index contributed by atoms with van der Waals surface area (Å²) in [6.07, 6.45) is 0. The summed E-state index contributed by atoms with van der Waals surface area (Å²) in [6, 6.07) is 5.03. The summed E-state index contributed by atoms with van der Waals surface area (Å²) in [7, 11) is -3.88. The zero-order chi connectivity index (χ0) is 18.6. The van der Waals surface area contributed by atoms with Crippen LogP contribution in [0.2, 0.25) is 0 Å². The van der Waals surface area contributed by atoms with Gasteiger partial charge in [-0.15, -0.1) is 0 Å². The van der Waals surface area contributed by atoms with Crippen molar-refractivity contribution in [3.63, 3.8) is 0 Å². The Hall–Kier alpha value is -0.750. The molecule has 1 unspecified atom stereocenters. The molecule has 0 aromatic carbocycles. The number of esters is 1. The number of rotatable bonds is 7. The number of aromatic nitrogens is 1. The quantitative estimate of drug-likeness (QED) is 0.361. The smallest absolute Gasteiger partial charge is 0.353 e. The van der Waals surface area contributed by atoms with Gasteiger partial charge in [0.1, 0.15) is 10.2 Å². The minimum atomic E-state index is -3.88. The highest BCUT2D eigenvalue weighted by molar-refractivity contribution is 9.10. The third-order valence-electron chi connectivity index (χ3n) is 3.16. The second-order valence-corrected chi connectivity index (χ2v) is 9.47. The van der Waals surface area contributed by atoms with Gasteiger partial charge in [0, 0.05) is 0 Å². The molecular weight excluding hydrogens is 397 g/mol. The van der Waals surface area contributed by atoms with Crippen molar-refractivity contribution < 1.29 is 23.1 Å². The van der Waals surface area contributed by atoms with Gasteiger partial charge in [-0.25, -0.2) is 4.98 Å². The topological polar surface area (TPSA) is 74.7 Å². The number of carbonyl (C=O) groups excluding carboxylic acids is 1. The van der Waals surface area contributed by atoms with Gasteiger partial charge in [-0.2, -0.15) is 0 Å². The second kappa shape index (κ2) is 8.09. The predicted molar refractivity (Wildman–Crippen MR) is 96.0 cm³/mol. The first-order valence-electron chi connectivity index (χ1n) is 7.76. The first-order valence-corrected chi connectivity index (χ1v) is 10.1. The lowest BCUT2D eigenvalue weighted by atomic mass is 10.1. The molecule has 0 saturated carbocycles. The van der Waals surface area contributed by atoms with Crippen molar-refractivity contribution in [3.8, 4) is 0 Å². The van der Waals surface area contributed by atoms with Crippen LogP contribution in [0.4, 0.5) is 0 Å². The molecule has 0 saturated heterocycles. The zero-order valence-corrected chi connectivity index (χ0v) is 17.4. The molecule has 1 aromatic rings. The Bertz CT molecular complexity index is 621. The standard InChI is InChI=1S/C16H25BrNO5P/c1-7-21-24(20,22-8-2)16(6,14(19)23-15(3,4)5)12-10-9-11-13(17)18-12/h9-11H,7-8H2,1-6H3. The Morgan fingerprint density at radius 1 is 1.17 bits per heavy atom. The van der Waals surface area contributed by atoms with E-state index in [2.05, 4.69) is 20.9 Å². The van der Waals surface area contributed by atoms with Crippen LogP contribution in [-0.4, -0.2) is 29.8 Å². The molecule has 0 fully saturated rings. The molecule has 1 atom stereocenters. The number of hydrogen-bond acceptors (Lipinski definition) is 6. The third-order valence-corrected chi connectivity index (χ3v) is 6.30. The van der Waals surface area contributed by atoms with Crippen LogP contribution in [0.15, 0.2) is 22.8 Å². The summed E-state index contributed by atoms with van der Waals surface area (Å²) in [6.45, 7) is 10.4. The Morgan fingerprint density at radius 3 is 2.12 bits per heavy atom. The van der Waals surface area contributed by atoms with E-state index in [9.17, 15) is 9.36 Å². The van der Waals surface area contributed by atoms with Crippen molar-refractivity contribution in [1.29, 1.82) is 0 Å². The van der Waals surface area contributed by atoms with Gasteiger partial charge in [-0.05, 0) is 69.6 Å². The van der Waals surface area contributed by atoms with Crippen LogP contribution in [0, 0.1) is 0 Å². The fourth-order valence-corrected chi connectivity index (χ4v) is 4.34. The molecule has 0 aliphatic rings. The number of carbonyl (C=O) groups is 1. The average Bonchev–Trinajstić information content (AvgIpc) is 2.44. The van der Waals surface area contributed by atoms with Crippen molar-refractivity contribution in [2.24, 2.45) is 0 Å². The molecule has 1 rings (SSSR count). The van der Waals surface area contributed by atoms with Crippen LogP contribution in [-0.2, 0) is 28.3 Å². The third kappa shape index (κ3) is 4.66. The lowest BCUT2D eigenvalue weighted by Crippen LogP contribution is -2.40. The Morgan fingerprint density at radius 2 is 1.71 bits per heavy atom. The number of hydrogen-bond donors (Lipinski definition) is 0. The van der Waals surface area contributed by atoms with Gasteiger partial charge >= 0.3 is 13.6 Å². The van der Waals surface area contributed by atoms with Crippen LogP contribution in [0.1, 0.15) is 47.2 Å². The fraction of sp³-hybridized carbons (Fsp3) is 0.625. The van der Waals surface area contributed by atoms with Crippen molar-refractivity contribution in [1.82, 2.24) is 4.98 Å². The number of ether oxygens (including phenoxy) is 1. The SMILES string of the molecule is CCOP(=O)(OCC)C(C)(C(=O)OC(C)(C)C)c1cccc(Br)n1. The van der Waals surface area contributed by atoms with Crippen LogP contribution >= 0.6 is 23.5 Å². The van der Waals surface area contributed by atoms with Gasteiger partial charge in [0.05, 0.1) is 18.9 Å². The molecule has 1 heterocycles. The van der Waals surface area contributed by atoms with Crippen molar-refractivity contribution >= 4 is 29.5 Å². The zero-order valence-electron chi connectivity index (χ0n) is 15.0. The molecule has 8 heteroatoms. The first-order chi connectivity index (χ1) is 11.0. The molecule has 6 nitrogen and oxygen atoms in total. The minimum Gasteiger partial charge on any atom is -0.459 e. The Balaban J connectivity index is 3.56. The van der Waals surface area contributed by atoms with E-state index in [4.69, 9.17) is 13.8 Å². The van der Waals surface area contributed by atoms with Crippen LogP contribution < -0.4 is 0 Å². The number of halogens is 1. The number of nitrogens with zero attached hydrogens (tertiary/aromatic N) is 1. The highest BCUT2D eigenvalue weighted by Crippen LogP contribution is 2.65. The molecular formula is C16H25BrNO5P. The van der Waals surface area contributed by atoms with E-state index in [-0.39, 0.29) is 18.9 Å². The molecule has 0 aliphatic carbocycles. The fourth-order valence-electron chi connectivity index (χ4n) is 2.05. The molecule has 0 aliphatic heterocycles. The van der Waals surface area contributed by atoms with Gasteiger partial charge in [0.25, 0.3) is 0 Å². The van der Waals surface area contributed by atoms with E-state index in [1.54, 1.807) is 52.8 Å². The normalized spacial score (nSPS) is 15.0. The second-order valence-electron chi connectivity index (χ2n) is 6.25. The maximum atomic E-state index is 13.5. The highest BCUT2D eigenvalue weighted by atomic mass is 79.9. The average molecular weight is 422 g/mol. The summed E-state index contributed by atoms with van der Waals surface area (Å²) in [5.74, 6) is -0.703. The Kier molecular flexibility index (Phi) is 7.17. The maximum absolute atomic E-state index is 13.5. The minimum absolute atomic E-state index is 0.129. The van der Waals surface area contributed by atoms with Crippen molar-refractivity contribution in [2.75, 3.05) is 13.2 Å². The van der Waals surface area contributed by atoms with Crippen molar-refractivity contribution in [3.05, 3.63) is 28.5 Å². The van der Waals surface area contributed by atoms with Gasteiger partial charge < -0.3 is 13.8 Å². The van der Waals surface area contributed by atoms with E-state index in [1.807, 2.05) is 0 Å². The molecule has 0 bridgehead atoms. The van der Waals surface area contributed by atoms with Crippen LogP contribution in [0.3, 0.4) is 0 Å². The highest BCUT2D eigenvalue weighted by Gasteiger charge is 2.57. The molecule has 24 heavy (non-hydrogen) atoms. The summed E-state index contributed by atoms with van der Waals surface area (Å²) in [5.41, 5.74) is -0.496. The monoisotopic (exact) mass is 421 g/mol. The lowest BCUT2D eigenvalue weighted by Gasteiger charge is -2.35. The summed E-state index contributed by atoms with van der Waals surface area (Å²) < 4.78 is 30.4. The van der Waals surface area contributed by atoms with E-state index in [0.29, 0.717) is 4.60 Å². The maximum Gasteiger partial charge on any atom is 0.353 e. The van der Waals surface area contributed by atoms with Gasteiger partial charge in [0.15, 0.2) is 0 Å². The molecule has 0 spiro atoms. The van der Waals surface area contributed by atoms with Gasteiger partial charge in [0.2, 0.25) is 5.16 Å². The molecule has 0 amide bonds. The molecule has 0 radical (unpaired) electrons. The van der Waals surface area contributed by atoms with Gasteiger partial charge in [-0.3, -0.25) is 9.36 Å². The first kappa shape index (κ1) is 21.3. The predicted octanol–water partition coefficient (Wildman–Crippen LogP) is 4.67. The Labute approximate surface area is 151 Å². The van der Waals surface area contributed by atoms with E-state index >= 15 is 0 Å². The lowest BCUT2D eigenvalue weighted by molar-refractivity contribution is -0.159.